The topological polar surface area (TPSA) is 80.2 Å². The van der Waals surface area contributed by atoms with Crippen molar-refractivity contribution in [1.82, 2.24) is 5.43 Å². The molecular weight excluding hydrogens is 344 g/mol. The molecule has 0 heterocycles. The van der Waals surface area contributed by atoms with Gasteiger partial charge >= 0.3 is 0 Å². The fraction of sp³-hybridized carbons (Fsp3) is 0.143. The number of phenolic OH excluding ortho intramolecular Hbond substituents is 1. The molecule has 0 aliphatic heterocycles. The molecule has 0 bridgehead atoms. The van der Waals surface area contributed by atoms with Crippen LogP contribution in [0.3, 0.4) is 0 Å². The largest absolute Gasteiger partial charge is 0.507 e. The highest BCUT2D eigenvalue weighted by Gasteiger charge is 2.13. The quantitative estimate of drug-likeness (QED) is 0.534. The molecule has 6 nitrogen and oxygen atoms in total. The number of benzene rings is 3. The molecule has 0 unspecified atom stereocenters. The minimum atomic E-state index is -0.488. The van der Waals surface area contributed by atoms with Crippen molar-refractivity contribution < 1.29 is 19.4 Å². The number of carbonyl (C=O) groups excluding carboxylic acids is 1. The molecule has 3 rings (SSSR count). The number of ether oxygens (including phenoxy) is 2. The zero-order valence-corrected chi connectivity index (χ0v) is 15.3. The predicted molar refractivity (Wildman–Crippen MR) is 105 cm³/mol. The number of phenols is 1. The van der Waals surface area contributed by atoms with Crippen LogP contribution in [0.5, 0.6) is 17.2 Å². The summed E-state index contributed by atoms with van der Waals surface area (Å²) in [5, 5.41) is 16.0. The highest BCUT2D eigenvalue weighted by atomic mass is 16.5. The van der Waals surface area contributed by atoms with Crippen LogP contribution in [0.2, 0.25) is 0 Å². The number of nitrogens with one attached hydrogen (secondary N) is 1. The summed E-state index contributed by atoms with van der Waals surface area (Å²) >= 11 is 0. The van der Waals surface area contributed by atoms with Crippen molar-refractivity contribution in [1.29, 1.82) is 0 Å². The molecule has 27 heavy (non-hydrogen) atoms. The van der Waals surface area contributed by atoms with Gasteiger partial charge in [0.1, 0.15) is 5.75 Å². The Bertz CT molecular complexity index is 1030. The molecule has 2 N–H and O–H groups in total. The lowest BCUT2D eigenvalue weighted by Gasteiger charge is -2.10. The summed E-state index contributed by atoms with van der Waals surface area (Å²) in [5.41, 5.74) is 4.01. The zero-order valence-electron chi connectivity index (χ0n) is 15.3. The van der Waals surface area contributed by atoms with Crippen LogP contribution in [0.1, 0.15) is 22.8 Å². The Hall–Kier alpha value is -3.54. The Morgan fingerprint density at radius 3 is 2.30 bits per heavy atom. The van der Waals surface area contributed by atoms with Gasteiger partial charge in [-0.05, 0) is 48.0 Å². The molecule has 0 fully saturated rings. The summed E-state index contributed by atoms with van der Waals surface area (Å²) in [6.45, 7) is 1.77. The highest BCUT2D eigenvalue weighted by molar-refractivity contribution is 6.03. The van der Waals surface area contributed by atoms with E-state index in [2.05, 4.69) is 10.5 Å². The van der Waals surface area contributed by atoms with Crippen molar-refractivity contribution in [2.75, 3.05) is 14.2 Å². The highest BCUT2D eigenvalue weighted by Crippen LogP contribution is 2.28. The smallest absolute Gasteiger partial charge is 0.275 e. The second-order valence-electron chi connectivity index (χ2n) is 5.92. The first-order valence-electron chi connectivity index (χ1n) is 8.32. The van der Waals surface area contributed by atoms with Gasteiger partial charge in [0.2, 0.25) is 0 Å². The first-order chi connectivity index (χ1) is 13.0. The van der Waals surface area contributed by atoms with Crippen molar-refractivity contribution in [3.63, 3.8) is 0 Å². The molecule has 0 aliphatic rings. The van der Waals surface area contributed by atoms with E-state index in [-0.39, 0.29) is 11.3 Å². The number of hydrogen-bond acceptors (Lipinski definition) is 5. The van der Waals surface area contributed by atoms with E-state index in [4.69, 9.17) is 9.47 Å². The second-order valence-corrected chi connectivity index (χ2v) is 5.92. The maximum absolute atomic E-state index is 12.4. The van der Waals surface area contributed by atoms with Crippen molar-refractivity contribution in [3.8, 4) is 17.2 Å². The summed E-state index contributed by atoms with van der Waals surface area (Å²) < 4.78 is 10.5. The molecule has 0 atom stereocenters. The van der Waals surface area contributed by atoms with Crippen molar-refractivity contribution >= 4 is 22.4 Å². The number of nitrogens with zero attached hydrogens (tertiary/aromatic N) is 1. The monoisotopic (exact) mass is 364 g/mol. The van der Waals surface area contributed by atoms with Crippen LogP contribution >= 0.6 is 0 Å². The number of amides is 1. The molecule has 0 saturated carbocycles. The van der Waals surface area contributed by atoms with Gasteiger partial charge in [0.25, 0.3) is 5.91 Å². The van der Waals surface area contributed by atoms with Crippen LogP contribution in [-0.4, -0.2) is 30.9 Å². The van der Waals surface area contributed by atoms with Crippen LogP contribution in [0.25, 0.3) is 10.8 Å². The average Bonchev–Trinajstić information content (AvgIpc) is 2.70. The van der Waals surface area contributed by atoms with Crippen LogP contribution in [-0.2, 0) is 0 Å². The number of hydrazone groups is 1. The van der Waals surface area contributed by atoms with Gasteiger partial charge in [0, 0.05) is 5.56 Å². The average molecular weight is 364 g/mol. The summed E-state index contributed by atoms with van der Waals surface area (Å²) in [4.78, 5) is 12.4. The molecule has 3 aromatic carbocycles. The van der Waals surface area contributed by atoms with E-state index in [1.807, 2.05) is 30.3 Å². The number of rotatable bonds is 5. The van der Waals surface area contributed by atoms with Crippen LogP contribution < -0.4 is 14.9 Å². The first-order valence-corrected chi connectivity index (χ1v) is 8.32. The molecule has 1 amide bonds. The summed E-state index contributed by atoms with van der Waals surface area (Å²) in [6, 6.07) is 16.1. The normalized spacial score (nSPS) is 11.3. The lowest BCUT2D eigenvalue weighted by Crippen LogP contribution is -2.19. The van der Waals surface area contributed by atoms with Crippen molar-refractivity contribution in [2.45, 2.75) is 6.92 Å². The Kier molecular flexibility index (Phi) is 5.26. The third-order valence-electron chi connectivity index (χ3n) is 4.24. The molecule has 138 valence electrons. The molecule has 0 spiro atoms. The van der Waals surface area contributed by atoms with Gasteiger partial charge in [-0.3, -0.25) is 4.79 Å². The van der Waals surface area contributed by atoms with Crippen LogP contribution in [0.15, 0.2) is 59.7 Å². The van der Waals surface area contributed by atoms with E-state index in [1.54, 1.807) is 45.4 Å². The predicted octanol–water partition coefficient (Wildman–Crippen LogP) is 3.72. The fourth-order valence-electron chi connectivity index (χ4n) is 2.73. The van der Waals surface area contributed by atoms with E-state index >= 15 is 0 Å². The molecule has 0 aromatic heterocycles. The lowest BCUT2D eigenvalue weighted by atomic mass is 10.1. The number of hydrogen-bond donors (Lipinski definition) is 2. The standard InChI is InChI=1S/C21H20N2O4/c1-13(14-8-9-19(26-2)20(12-14)27-3)22-23-21(25)17-10-15-6-4-5-7-16(15)11-18(17)24/h4-12,24H,1-3H3,(H,23,25)/b22-13+. The van der Waals surface area contributed by atoms with Crippen molar-refractivity contribution in [2.24, 2.45) is 5.10 Å². The number of aromatic hydroxyl groups is 1. The van der Waals surface area contributed by atoms with Gasteiger partial charge in [0.15, 0.2) is 11.5 Å². The Morgan fingerprint density at radius 1 is 0.963 bits per heavy atom. The molecule has 0 saturated heterocycles. The maximum Gasteiger partial charge on any atom is 0.275 e. The fourth-order valence-corrected chi connectivity index (χ4v) is 2.73. The Labute approximate surface area is 157 Å². The molecule has 0 radical (unpaired) electrons. The van der Waals surface area contributed by atoms with Crippen LogP contribution in [0.4, 0.5) is 0 Å². The summed E-state index contributed by atoms with van der Waals surface area (Å²) in [6.07, 6.45) is 0. The minimum Gasteiger partial charge on any atom is -0.507 e. The van der Waals surface area contributed by atoms with Crippen molar-refractivity contribution in [3.05, 3.63) is 65.7 Å². The number of fused-ring (bicyclic) bond motifs is 1. The first kappa shape index (κ1) is 18.3. The van der Waals surface area contributed by atoms with E-state index in [9.17, 15) is 9.90 Å². The van der Waals surface area contributed by atoms with Gasteiger partial charge in [-0.1, -0.05) is 24.3 Å². The third-order valence-corrected chi connectivity index (χ3v) is 4.24. The van der Waals surface area contributed by atoms with E-state index in [1.165, 1.54) is 0 Å². The third kappa shape index (κ3) is 3.84. The SMILES string of the molecule is COc1ccc(/C(C)=N/NC(=O)c2cc3ccccc3cc2O)cc1OC. The Balaban J connectivity index is 1.83. The molecule has 6 heteroatoms. The maximum atomic E-state index is 12.4. The number of carbonyl (C=O) groups is 1. The Morgan fingerprint density at radius 2 is 1.63 bits per heavy atom. The lowest BCUT2D eigenvalue weighted by molar-refractivity contribution is 0.0952. The second kappa shape index (κ2) is 7.78. The van der Waals surface area contributed by atoms with Gasteiger partial charge in [0.05, 0.1) is 25.5 Å². The van der Waals surface area contributed by atoms with Gasteiger partial charge in [-0.25, -0.2) is 5.43 Å². The van der Waals surface area contributed by atoms with E-state index < -0.39 is 5.91 Å². The molecular formula is C21H20N2O4. The summed E-state index contributed by atoms with van der Waals surface area (Å²) in [5.74, 6) is 0.602. The van der Waals surface area contributed by atoms with Gasteiger partial charge in [-0.2, -0.15) is 5.10 Å². The zero-order chi connectivity index (χ0) is 19.4. The van der Waals surface area contributed by atoms with Gasteiger partial charge in [-0.15, -0.1) is 0 Å². The summed E-state index contributed by atoms with van der Waals surface area (Å²) in [7, 11) is 3.12. The van der Waals surface area contributed by atoms with Gasteiger partial charge < -0.3 is 14.6 Å². The van der Waals surface area contributed by atoms with E-state index in [0.29, 0.717) is 17.2 Å². The van der Waals surface area contributed by atoms with Crippen LogP contribution in [0, 0.1) is 0 Å². The minimum absolute atomic E-state index is 0.0924. The molecule has 0 aliphatic carbocycles. The van der Waals surface area contributed by atoms with E-state index in [0.717, 1.165) is 16.3 Å². The number of methoxy groups -OCH3 is 2. The molecule has 3 aromatic rings.